The van der Waals surface area contributed by atoms with E-state index < -0.39 is 48.6 Å². The minimum atomic E-state index is -4.39. The lowest BCUT2D eigenvalue weighted by Crippen LogP contribution is -2.54. The van der Waals surface area contributed by atoms with Crippen molar-refractivity contribution >= 4 is 29.1 Å². The Balaban J connectivity index is 1.92. The van der Waals surface area contributed by atoms with Crippen molar-refractivity contribution in [1.29, 1.82) is 0 Å². The summed E-state index contributed by atoms with van der Waals surface area (Å²) in [6.45, 7) is 4.83. The number of amides is 3. The van der Waals surface area contributed by atoms with Gasteiger partial charge in [-0.2, -0.15) is 13.2 Å². The lowest BCUT2D eigenvalue weighted by molar-refractivity contribution is -0.136. The standard InChI is InChI=1S/C28H33F3N4O4/c1-17(2)16-22(36)26(38)32-18(3)25(37)34-24-27(39)35(15-9-14-28(29,30)31)21-13-8-7-12-20(21)23(33-24)19-10-5-4-6-11-19/h4-8,10-13,17-18,22,24,36H,9,14-16H2,1-3H3,(H,32,38)(H,34,37)/t18-,22-,24?/m0/s1. The molecule has 8 nitrogen and oxygen atoms in total. The Morgan fingerprint density at radius 3 is 2.31 bits per heavy atom. The van der Waals surface area contributed by atoms with Gasteiger partial charge in [-0.15, -0.1) is 0 Å². The number of benzodiazepines with no additional fused rings is 1. The van der Waals surface area contributed by atoms with Crippen molar-refractivity contribution in [3.63, 3.8) is 0 Å². The maximum atomic E-state index is 13.6. The molecule has 0 radical (unpaired) electrons. The Morgan fingerprint density at radius 1 is 1.03 bits per heavy atom. The number of carbonyl (C=O) groups is 3. The van der Waals surface area contributed by atoms with Crippen LogP contribution in [0.25, 0.3) is 0 Å². The number of benzene rings is 2. The highest BCUT2D eigenvalue weighted by Gasteiger charge is 2.35. The number of aliphatic hydroxyl groups is 1. The second-order valence-electron chi connectivity index (χ2n) is 9.86. The monoisotopic (exact) mass is 546 g/mol. The highest BCUT2D eigenvalue weighted by Crippen LogP contribution is 2.30. The molecular weight excluding hydrogens is 513 g/mol. The quantitative estimate of drug-likeness (QED) is 0.423. The number of nitrogens with zero attached hydrogens (tertiary/aromatic N) is 2. The fourth-order valence-electron chi connectivity index (χ4n) is 4.21. The summed E-state index contributed by atoms with van der Waals surface area (Å²) < 4.78 is 38.7. The first-order valence-electron chi connectivity index (χ1n) is 12.8. The van der Waals surface area contributed by atoms with E-state index in [1.54, 1.807) is 54.6 Å². The number of fused-ring (bicyclic) bond motifs is 1. The van der Waals surface area contributed by atoms with E-state index in [0.717, 1.165) is 0 Å². The predicted molar refractivity (Wildman–Crippen MR) is 141 cm³/mol. The molecule has 0 saturated carbocycles. The molecule has 0 fully saturated rings. The summed E-state index contributed by atoms with van der Waals surface area (Å²) in [5.74, 6) is -2.12. The van der Waals surface area contributed by atoms with Crippen LogP contribution < -0.4 is 15.5 Å². The number of rotatable bonds is 10. The number of anilines is 1. The molecule has 0 spiro atoms. The largest absolute Gasteiger partial charge is 0.389 e. The second-order valence-corrected chi connectivity index (χ2v) is 9.86. The minimum absolute atomic E-state index is 0.0502. The van der Waals surface area contributed by atoms with Gasteiger partial charge in [0.1, 0.15) is 12.1 Å². The van der Waals surface area contributed by atoms with Gasteiger partial charge in [-0.25, -0.2) is 4.99 Å². The van der Waals surface area contributed by atoms with Gasteiger partial charge in [0.25, 0.3) is 5.91 Å². The first kappa shape index (κ1) is 29.8. The minimum Gasteiger partial charge on any atom is -0.383 e. The molecule has 39 heavy (non-hydrogen) atoms. The molecule has 3 amide bonds. The van der Waals surface area contributed by atoms with Crippen LogP contribution in [0.4, 0.5) is 18.9 Å². The van der Waals surface area contributed by atoms with E-state index in [2.05, 4.69) is 15.6 Å². The van der Waals surface area contributed by atoms with Crippen molar-refractivity contribution in [3.05, 3.63) is 65.7 Å². The van der Waals surface area contributed by atoms with Crippen LogP contribution in [0.2, 0.25) is 0 Å². The maximum Gasteiger partial charge on any atom is 0.389 e. The number of carbonyl (C=O) groups excluding carboxylic acids is 3. The first-order chi connectivity index (χ1) is 18.4. The molecule has 1 aliphatic heterocycles. The molecule has 2 aromatic rings. The second kappa shape index (κ2) is 12.9. The Kier molecular flexibility index (Phi) is 9.85. The molecule has 3 rings (SSSR count). The average Bonchev–Trinajstić information content (AvgIpc) is 2.98. The summed E-state index contributed by atoms with van der Waals surface area (Å²) in [4.78, 5) is 44.7. The third-order valence-corrected chi connectivity index (χ3v) is 6.13. The summed E-state index contributed by atoms with van der Waals surface area (Å²) in [6, 6.07) is 14.5. The lowest BCUT2D eigenvalue weighted by atomic mass is 10.00. The van der Waals surface area contributed by atoms with Crippen LogP contribution in [0, 0.1) is 5.92 Å². The molecule has 0 bridgehead atoms. The van der Waals surface area contributed by atoms with E-state index in [1.807, 2.05) is 13.8 Å². The predicted octanol–water partition coefficient (Wildman–Crippen LogP) is 3.57. The van der Waals surface area contributed by atoms with Crippen molar-refractivity contribution in [2.24, 2.45) is 10.9 Å². The highest BCUT2D eigenvalue weighted by atomic mass is 19.4. The number of aliphatic imine (C=N–C) groups is 1. The number of hydrogen-bond acceptors (Lipinski definition) is 5. The number of nitrogens with one attached hydrogen (secondary N) is 2. The number of alkyl halides is 3. The number of hydrogen-bond donors (Lipinski definition) is 3. The third kappa shape index (κ3) is 8.13. The number of aliphatic hydroxyl groups excluding tert-OH is 1. The van der Waals surface area contributed by atoms with Crippen LogP contribution in [0.1, 0.15) is 51.2 Å². The first-order valence-corrected chi connectivity index (χ1v) is 12.8. The maximum absolute atomic E-state index is 13.6. The van der Waals surface area contributed by atoms with Crippen molar-refractivity contribution in [3.8, 4) is 0 Å². The van der Waals surface area contributed by atoms with Gasteiger partial charge in [0, 0.05) is 24.1 Å². The zero-order valence-electron chi connectivity index (χ0n) is 22.0. The Hall–Kier alpha value is -3.73. The SMILES string of the molecule is CC(C)C[C@H](O)C(=O)N[C@@H](C)C(=O)NC1N=C(c2ccccc2)c2ccccc2N(CCCC(F)(F)F)C1=O. The molecule has 1 aliphatic rings. The van der Waals surface area contributed by atoms with Gasteiger partial charge < -0.3 is 20.6 Å². The summed E-state index contributed by atoms with van der Waals surface area (Å²) >= 11 is 0. The van der Waals surface area contributed by atoms with Crippen LogP contribution in [-0.4, -0.2) is 59.6 Å². The van der Waals surface area contributed by atoms with Crippen LogP contribution in [0.3, 0.4) is 0 Å². The highest BCUT2D eigenvalue weighted by molar-refractivity contribution is 6.20. The molecule has 1 heterocycles. The lowest BCUT2D eigenvalue weighted by Gasteiger charge is -2.26. The molecule has 2 aromatic carbocycles. The van der Waals surface area contributed by atoms with Gasteiger partial charge in [0.15, 0.2) is 0 Å². The Morgan fingerprint density at radius 2 is 1.67 bits per heavy atom. The fourth-order valence-corrected chi connectivity index (χ4v) is 4.21. The average molecular weight is 547 g/mol. The molecule has 0 saturated heterocycles. The Labute approximate surface area is 225 Å². The van der Waals surface area contributed by atoms with Gasteiger partial charge in [0.05, 0.1) is 11.4 Å². The van der Waals surface area contributed by atoms with Gasteiger partial charge in [0.2, 0.25) is 18.0 Å². The molecule has 3 N–H and O–H groups in total. The summed E-state index contributed by atoms with van der Waals surface area (Å²) in [5, 5.41) is 15.0. The van der Waals surface area contributed by atoms with E-state index in [9.17, 15) is 32.7 Å². The van der Waals surface area contributed by atoms with Crippen molar-refractivity contribution < 1.29 is 32.7 Å². The molecule has 11 heteroatoms. The van der Waals surface area contributed by atoms with Gasteiger partial charge in [-0.05, 0) is 31.7 Å². The van der Waals surface area contributed by atoms with E-state index >= 15 is 0 Å². The number of para-hydroxylation sites is 1. The molecular formula is C28H33F3N4O4. The van der Waals surface area contributed by atoms with Crippen LogP contribution >= 0.6 is 0 Å². The van der Waals surface area contributed by atoms with E-state index in [-0.39, 0.29) is 25.3 Å². The summed E-state index contributed by atoms with van der Waals surface area (Å²) in [5.41, 5.74) is 1.93. The topological polar surface area (TPSA) is 111 Å². The summed E-state index contributed by atoms with van der Waals surface area (Å²) in [6.07, 6.45) is -8.37. The zero-order chi connectivity index (χ0) is 28.7. The molecule has 210 valence electrons. The van der Waals surface area contributed by atoms with Crippen LogP contribution in [0.5, 0.6) is 0 Å². The van der Waals surface area contributed by atoms with Gasteiger partial charge in [-0.3, -0.25) is 14.4 Å². The smallest absolute Gasteiger partial charge is 0.383 e. The molecule has 0 aromatic heterocycles. The van der Waals surface area contributed by atoms with Crippen molar-refractivity contribution in [2.75, 3.05) is 11.4 Å². The molecule has 3 atom stereocenters. The van der Waals surface area contributed by atoms with Crippen LogP contribution in [-0.2, 0) is 14.4 Å². The normalized spacial score (nSPS) is 17.1. The van der Waals surface area contributed by atoms with Gasteiger partial charge in [-0.1, -0.05) is 62.4 Å². The van der Waals surface area contributed by atoms with E-state index in [1.165, 1.54) is 11.8 Å². The van der Waals surface area contributed by atoms with Crippen molar-refractivity contribution in [1.82, 2.24) is 10.6 Å². The molecule has 1 unspecified atom stereocenters. The summed E-state index contributed by atoms with van der Waals surface area (Å²) in [7, 11) is 0. The fraction of sp³-hybridized carbons (Fsp3) is 0.429. The van der Waals surface area contributed by atoms with Crippen LogP contribution in [0.15, 0.2) is 59.6 Å². The van der Waals surface area contributed by atoms with Gasteiger partial charge >= 0.3 is 6.18 Å². The third-order valence-electron chi connectivity index (χ3n) is 6.13. The molecule has 0 aliphatic carbocycles. The van der Waals surface area contributed by atoms with E-state index in [0.29, 0.717) is 22.5 Å². The zero-order valence-corrected chi connectivity index (χ0v) is 22.0. The Bertz CT molecular complexity index is 1200. The number of halogens is 3. The van der Waals surface area contributed by atoms with Crippen molar-refractivity contribution in [2.45, 2.75) is 64.5 Å². The van der Waals surface area contributed by atoms with E-state index in [4.69, 9.17) is 0 Å².